The molecule has 0 amide bonds. The van der Waals surface area contributed by atoms with Crippen LogP contribution in [0, 0.1) is 0 Å². The van der Waals surface area contributed by atoms with E-state index in [1.807, 2.05) is 30.3 Å². The lowest BCUT2D eigenvalue weighted by molar-refractivity contribution is -0.139. The highest BCUT2D eigenvalue weighted by atomic mass is 79.9. The van der Waals surface area contributed by atoms with Gasteiger partial charge in [-0.1, -0.05) is 28.1 Å². The average molecular weight is 562 g/mol. The number of ether oxygens (including phenoxy) is 2. The van der Waals surface area contributed by atoms with Gasteiger partial charge in [0.05, 0.1) is 23.7 Å². The number of halogens is 1. The highest BCUT2D eigenvalue weighted by Crippen LogP contribution is 2.30. The van der Waals surface area contributed by atoms with Crippen molar-refractivity contribution in [2.45, 2.75) is 6.92 Å². The fourth-order valence-corrected chi connectivity index (χ4v) is 4.15. The van der Waals surface area contributed by atoms with Crippen LogP contribution in [0.2, 0.25) is 0 Å². The van der Waals surface area contributed by atoms with Gasteiger partial charge in [-0.25, -0.2) is 9.78 Å². The molecule has 0 aliphatic heterocycles. The van der Waals surface area contributed by atoms with Crippen LogP contribution in [-0.4, -0.2) is 40.2 Å². The number of hydrogen-bond donors (Lipinski definition) is 1. The second-order valence-corrected chi connectivity index (χ2v) is 8.84. The predicted octanol–water partition coefficient (Wildman–Crippen LogP) is 5.32. The van der Waals surface area contributed by atoms with Gasteiger partial charge in [-0.05, 0) is 67.1 Å². The maximum absolute atomic E-state index is 13.4. The van der Waals surface area contributed by atoms with Crippen molar-refractivity contribution in [1.82, 2.24) is 9.66 Å². The third-order valence-corrected chi connectivity index (χ3v) is 5.89. The highest BCUT2D eigenvalue weighted by molar-refractivity contribution is 9.10. The Balaban J connectivity index is 1.61. The summed E-state index contributed by atoms with van der Waals surface area (Å²) < 4.78 is 19.0. The van der Waals surface area contributed by atoms with E-state index in [1.54, 1.807) is 43.3 Å². The van der Waals surface area contributed by atoms with Gasteiger partial charge in [0.1, 0.15) is 5.58 Å². The van der Waals surface area contributed by atoms with E-state index >= 15 is 0 Å². The van der Waals surface area contributed by atoms with Crippen LogP contribution in [0.15, 0.2) is 85.5 Å². The molecule has 5 rings (SSSR count). The zero-order chi connectivity index (χ0) is 25.9. The molecule has 0 bridgehead atoms. The minimum Gasteiger partial charge on any atom is -0.490 e. The molecule has 0 atom stereocenters. The van der Waals surface area contributed by atoms with Gasteiger partial charge >= 0.3 is 5.97 Å². The zero-order valence-corrected chi connectivity index (χ0v) is 21.1. The van der Waals surface area contributed by atoms with E-state index in [2.05, 4.69) is 26.0 Å². The first kappa shape index (κ1) is 24.3. The van der Waals surface area contributed by atoms with Crippen molar-refractivity contribution in [2.75, 3.05) is 13.2 Å². The molecule has 0 spiro atoms. The summed E-state index contributed by atoms with van der Waals surface area (Å²) >= 11 is 3.46. The van der Waals surface area contributed by atoms with E-state index in [4.69, 9.17) is 19.0 Å². The number of carboxylic acids is 1. The summed E-state index contributed by atoms with van der Waals surface area (Å²) in [6.45, 7) is 1.66. The van der Waals surface area contributed by atoms with E-state index in [9.17, 15) is 9.59 Å². The lowest BCUT2D eigenvalue weighted by atomic mass is 10.2. The molecule has 186 valence electrons. The molecule has 0 aliphatic carbocycles. The Bertz CT molecular complexity index is 1720. The number of furan rings is 1. The largest absolute Gasteiger partial charge is 0.490 e. The van der Waals surface area contributed by atoms with Gasteiger partial charge in [0.2, 0.25) is 5.82 Å². The zero-order valence-electron chi connectivity index (χ0n) is 19.6. The molecule has 0 fully saturated rings. The summed E-state index contributed by atoms with van der Waals surface area (Å²) in [6.07, 6.45) is 1.49. The Labute approximate surface area is 218 Å². The smallest absolute Gasteiger partial charge is 0.341 e. The van der Waals surface area contributed by atoms with Crippen molar-refractivity contribution >= 4 is 50.0 Å². The topological polar surface area (TPSA) is 116 Å². The molecule has 9 nitrogen and oxygen atoms in total. The van der Waals surface area contributed by atoms with Crippen molar-refractivity contribution < 1.29 is 23.8 Å². The number of rotatable bonds is 8. The minimum atomic E-state index is -1.10. The van der Waals surface area contributed by atoms with Gasteiger partial charge in [-0.15, -0.1) is 0 Å². The minimum absolute atomic E-state index is 0.249. The Morgan fingerprint density at radius 2 is 1.95 bits per heavy atom. The SMILES string of the molecule is CCOc1cc(C=Nn2c(-c3cc4cc(Br)ccc4o3)nc3ccccc3c2=O)ccc1OCC(=O)O. The summed E-state index contributed by atoms with van der Waals surface area (Å²) in [5.74, 6) is 0.195. The summed E-state index contributed by atoms with van der Waals surface area (Å²) in [7, 11) is 0. The lowest BCUT2D eigenvalue weighted by Gasteiger charge is -2.11. The predicted molar refractivity (Wildman–Crippen MR) is 143 cm³/mol. The summed E-state index contributed by atoms with van der Waals surface area (Å²) in [5, 5.41) is 14.6. The van der Waals surface area contributed by atoms with Gasteiger partial charge in [0.25, 0.3) is 5.56 Å². The molecule has 10 heteroatoms. The molecule has 37 heavy (non-hydrogen) atoms. The van der Waals surface area contributed by atoms with Crippen LogP contribution in [0.3, 0.4) is 0 Å². The number of benzene rings is 3. The number of nitrogens with zero attached hydrogens (tertiary/aromatic N) is 3. The third kappa shape index (κ3) is 5.10. The number of carboxylic acid groups (broad SMARTS) is 1. The Hall–Kier alpha value is -4.44. The van der Waals surface area contributed by atoms with Gasteiger partial charge in [0, 0.05) is 9.86 Å². The first-order valence-electron chi connectivity index (χ1n) is 11.3. The van der Waals surface area contributed by atoms with Crippen LogP contribution >= 0.6 is 15.9 Å². The van der Waals surface area contributed by atoms with Crippen LogP contribution in [0.1, 0.15) is 12.5 Å². The Morgan fingerprint density at radius 3 is 2.76 bits per heavy atom. The van der Waals surface area contributed by atoms with Crippen LogP contribution in [0.5, 0.6) is 11.5 Å². The molecule has 2 aromatic heterocycles. The number of para-hydroxylation sites is 1. The lowest BCUT2D eigenvalue weighted by Crippen LogP contribution is -2.20. The molecule has 1 N–H and O–H groups in total. The van der Waals surface area contributed by atoms with Crippen LogP contribution in [0.25, 0.3) is 33.5 Å². The number of fused-ring (bicyclic) bond motifs is 2. The van der Waals surface area contributed by atoms with Gasteiger partial charge in [-0.3, -0.25) is 4.79 Å². The van der Waals surface area contributed by atoms with Crippen molar-refractivity contribution in [1.29, 1.82) is 0 Å². The Morgan fingerprint density at radius 1 is 1.11 bits per heavy atom. The maximum Gasteiger partial charge on any atom is 0.341 e. The maximum atomic E-state index is 13.4. The van der Waals surface area contributed by atoms with E-state index in [0.29, 0.717) is 45.9 Å². The van der Waals surface area contributed by atoms with Crippen LogP contribution in [-0.2, 0) is 4.79 Å². The van der Waals surface area contributed by atoms with Crippen molar-refractivity contribution in [3.8, 4) is 23.1 Å². The van der Waals surface area contributed by atoms with E-state index < -0.39 is 12.6 Å². The second-order valence-electron chi connectivity index (χ2n) is 7.93. The van der Waals surface area contributed by atoms with Gasteiger partial charge in [0.15, 0.2) is 23.9 Å². The third-order valence-electron chi connectivity index (χ3n) is 5.39. The first-order valence-corrected chi connectivity index (χ1v) is 12.1. The van der Waals surface area contributed by atoms with E-state index in [-0.39, 0.29) is 11.4 Å². The monoisotopic (exact) mass is 561 g/mol. The highest BCUT2D eigenvalue weighted by Gasteiger charge is 2.17. The quantitative estimate of drug-likeness (QED) is 0.255. The molecule has 3 aromatic carbocycles. The first-order chi connectivity index (χ1) is 17.9. The molecule has 0 aliphatic rings. The van der Waals surface area contributed by atoms with E-state index in [1.165, 1.54) is 10.9 Å². The molecular formula is C27H20BrN3O6. The van der Waals surface area contributed by atoms with Crippen LogP contribution in [0.4, 0.5) is 0 Å². The van der Waals surface area contributed by atoms with Gasteiger partial charge < -0.3 is 19.0 Å². The van der Waals surface area contributed by atoms with Crippen molar-refractivity contribution in [2.24, 2.45) is 5.10 Å². The Kier molecular flexibility index (Phi) is 6.74. The summed E-state index contributed by atoms with van der Waals surface area (Å²) in [5.41, 5.74) is 1.42. The number of hydrogen-bond acceptors (Lipinski definition) is 7. The molecule has 0 radical (unpaired) electrons. The number of aromatic nitrogens is 2. The normalized spacial score (nSPS) is 11.4. The fourth-order valence-electron chi connectivity index (χ4n) is 3.77. The summed E-state index contributed by atoms with van der Waals surface area (Å²) in [6, 6.07) is 19.4. The summed E-state index contributed by atoms with van der Waals surface area (Å²) in [4.78, 5) is 29.0. The molecule has 0 unspecified atom stereocenters. The molecule has 5 aromatic rings. The van der Waals surface area contributed by atoms with Gasteiger partial charge in [-0.2, -0.15) is 9.78 Å². The molecule has 2 heterocycles. The average Bonchev–Trinajstić information content (AvgIpc) is 3.30. The molecular weight excluding hydrogens is 542 g/mol. The van der Waals surface area contributed by atoms with Crippen molar-refractivity contribution in [3.63, 3.8) is 0 Å². The van der Waals surface area contributed by atoms with Crippen LogP contribution < -0.4 is 15.0 Å². The molecule has 0 saturated heterocycles. The molecule has 0 saturated carbocycles. The standard InChI is InChI=1S/C27H20BrN3O6/c1-2-35-23-11-16(7-9-22(23)36-15-25(32)33)14-29-31-26(30-20-6-4-3-5-19(20)27(31)34)24-13-17-12-18(28)8-10-21(17)37-24/h3-14H,2,15H2,1H3,(H,32,33). The second kappa shape index (κ2) is 10.3. The van der Waals surface area contributed by atoms with Crippen molar-refractivity contribution in [3.05, 3.63) is 87.1 Å². The number of carbonyl (C=O) groups is 1. The fraction of sp³-hybridized carbons (Fsp3) is 0.111. The number of aliphatic carboxylic acids is 1. The van der Waals surface area contributed by atoms with E-state index in [0.717, 1.165) is 9.86 Å².